The highest BCUT2D eigenvalue weighted by molar-refractivity contribution is 6.34. The van der Waals surface area contributed by atoms with Crippen molar-refractivity contribution in [2.45, 2.75) is 6.18 Å². The molecule has 11 heteroatoms. The van der Waals surface area contributed by atoms with Crippen LogP contribution in [0.3, 0.4) is 0 Å². The average Bonchev–Trinajstić information content (AvgIpc) is 2.88. The molecule has 2 amide bonds. The highest BCUT2D eigenvalue weighted by Gasteiger charge is 2.31. The summed E-state index contributed by atoms with van der Waals surface area (Å²) in [5, 5.41) is 24.9. The number of alkyl halides is 3. The molecule has 4 aromatic rings. The van der Waals surface area contributed by atoms with Crippen molar-refractivity contribution >= 4 is 51.2 Å². The first-order valence-electron chi connectivity index (χ1n) is 10.7. The van der Waals surface area contributed by atoms with Crippen molar-refractivity contribution in [3.63, 3.8) is 0 Å². The number of nitrogens with zero attached hydrogens (tertiary/aromatic N) is 2. The molecular formula is C26H18ClF3N4O3. The van der Waals surface area contributed by atoms with Gasteiger partial charge in [-0.3, -0.25) is 9.59 Å². The van der Waals surface area contributed by atoms with Gasteiger partial charge in [-0.2, -0.15) is 18.3 Å². The summed E-state index contributed by atoms with van der Waals surface area (Å²) in [5.41, 5.74) is -0.898. The molecule has 0 fully saturated rings. The van der Waals surface area contributed by atoms with Gasteiger partial charge in [-0.1, -0.05) is 41.9 Å². The summed E-state index contributed by atoms with van der Waals surface area (Å²) >= 11 is 6.00. The SMILES string of the molecule is CNC(=O)c1cccc(N=Nc2c(O)c(C(=O)Nc3cc(C(F)(F)F)ccc3Cl)cc3ccccc23)c1. The van der Waals surface area contributed by atoms with Gasteiger partial charge >= 0.3 is 6.18 Å². The van der Waals surface area contributed by atoms with E-state index >= 15 is 0 Å². The van der Waals surface area contributed by atoms with Crippen LogP contribution < -0.4 is 10.6 Å². The number of rotatable bonds is 5. The van der Waals surface area contributed by atoms with Gasteiger partial charge in [0.05, 0.1) is 27.5 Å². The first-order chi connectivity index (χ1) is 17.6. The predicted octanol–water partition coefficient (Wildman–Crippen LogP) is 7.24. The molecule has 0 bridgehead atoms. The maximum atomic E-state index is 13.1. The van der Waals surface area contributed by atoms with E-state index in [9.17, 15) is 27.9 Å². The van der Waals surface area contributed by atoms with E-state index in [1.807, 2.05) is 0 Å². The lowest BCUT2D eigenvalue weighted by molar-refractivity contribution is -0.137. The number of carbonyl (C=O) groups excluding carboxylic acids is 2. The third kappa shape index (κ3) is 5.54. The summed E-state index contributed by atoms with van der Waals surface area (Å²) < 4.78 is 39.4. The van der Waals surface area contributed by atoms with Crippen LogP contribution in [0, 0.1) is 0 Å². The second kappa shape index (κ2) is 10.3. The molecule has 0 saturated carbocycles. The number of aromatic hydroxyl groups is 1. The summed E-state index contributed by atoms with van der Waals surface area (Å²) in [4.78, 5) is 24.9. The number of anilines is 1. The third-order valence-electron chi connectivity index (χ3n) is 5.38. The lowest BCUT2D eigenvalue weighted by Gasteiger charge is -2.13. The van der Waals surface area contributed by atoms with Gasteiger partial charge in [0.25, 0.3) is 11.8 Å². The number of hydrogen-bond donors (Lipinski definition) is 3. The number of amides is 2. The number of benzene rings is 4. The highest BCUT2D eigenvalue weighted by Crippen LogP contribution is 2.40. The van der Waals surface area contributed by atoms with Crippen LogP contribution in [-0.4, -0.2) is 24.0 Å². The van der Waals surface area contributed by atoms with Gasteiger partial charge in [0, 0.05) is 18.0 Å². The van der Waals surface area contributed by atoms with E-state index in [-0.39, 0.29) is 27.9 Å². The first-order valence-corrected chi connectivity index (χ1v) is 11.1. The Kier molecular flexibility index (Phi) is 7.12. The van der Waals surface area contributed by atoms with Crippen LogP contribution in [0.25, 0.3) is 10.8 Å². The molecule has 0 saturated heterocycles. The largest absolute Gasteiger partial charge is 0.505 e. The van der Waals surface area contributed by atoms with Gasteiger partial charge in [0.1, 0.15) is 5.69 Å². The van der Waals surface area contributed by atoms with Gasteiger partial charge < -0.3 is 15.7 Å². The fourth-order valence-electron chi connectivity index (χ4n) is 3.54. The number of carbonyl (C=O) groups is 2. The number of nitrogens with one attached hydrogen (secondary N) is 2. The van der Waals surface area contributed by atoms with Crippen molar-refractivity contribution in [1.29, 1.82) is 0 Å². The highest BCUT2D eigenvalue weighted by atomic mass is 35.5. The normalized spacial score (nSPS) is 11.6. The fraction of sp³-hybridized carbons (Fsp3) is 0.0769. The van der Waals surface area contributed by atoms with E-state index in [1.54, 1.807) is 42.5 Å². The van der Waals surface area contributed by atoms with E-state index in [0.29, 0.717) is 28.1 Å². The molecule has 0 radical (unpaired) electrons. The first kappa shape index (κ1) is 25.6. The number of fused-ring (bicyclic) bond motifs is 1. The molecule has 7 nitrogen and oxygen atoms in total. The Morgan fingerprint density at radius 3 is 2.41 bits per heavy atom. The van der Waals surface area contributed by atoms with Crippen LogP contribution in [0.15, 0.2) is 83.0 Å². The molecule has 3 N–H and O–H groups in total. The molecule has 4 aromatic carbocycles. The summed E-state index contributed by atoms with van der Waals surface area (Å²) in [6.07, 6.45) is -4.64. The molecule has 0 atom stereocenters. The van der Waals surface area contributed by atoms with Crippen LogP contribution in [0.5, 0.6) is 5.75 Å². The van der Waals surface area contributed by atoms with Crippen LogP contribution in [0.4, 0.5) is 30.2 Å². The van der Waals surface area contributed by atoms with Gasteiger partial charge in [-0.15, -0.1) is 5.11 Å². The molecule has 0 aliphatic carbocycles. The van der Waals surface area contributed by atoms with Crippen LogP contribution in [-0.2, 0) is 6.18 Å². The summed E-state index contributed by atoms with van der Waals surface area (Å²) in [7, 11) is 1.49. The molecule has 0 aliphatic rings. The zero-order valence-electron chi connectivity index (χ0n) is 19.1. The number of azo groups is 1. The Morgan fingerprint density at radius 2 is 1.68 bits per heavy atom. The zero-order valence-corrected chi connectivity index (χ0v) is 19.9. The molecule has 0 aromatic heterocycles. The minimum absolute atomic E-state index is 0.0382. The predicted molar refractivity (Wildman–Crippen MR) is 134 cm³/mol. The lowest BCUT2D eigenvalue weighted by Crippen LogP contribution is -2.17. The second-order valence-electron chi connectivity index (χ2n) is 7.82. The smallest absolute Gasteiger partial charge is 0.416 e. The van der Waals surface area contributed by atoms with E-state index < -0.39 is 23.4 Å². The Bertz CT molecular complexity index is 1550. The molecule has 0 aliphatic heterocycles. The number of phenolic OH excluding ortho intramolecular Hbond substituents is 1. The van der Waals surface area contributed by atoms with Crippen molar-refractivity contribution in [2.24, 2.45) is 10.2 Å². The van der Waals surface area contributed by atoms with E-state index in [0.717, 1.165) is 12.1 Å². The Hall–Kier alpha value is -4.44. The third-order valence-corrected chi connectivity index (χ3v) is 5.71. The molecule has 0 unspecified atom stereocenters. The number of hydrogen-bond acceptors (Lipinski definition) is 5. The second-order valence-corrected chi connectivity index (χ2v) is 8.23. The summed E-state index contributed by atoms with van der Waals surface area (Å²) in [5.74, 6) is -1.76. The van der Waals surface area contributed by atoms with Gasteiger partial charge in [-0.25, -0.2) is 0 Å². The Labute approximate surface area is 213 Å². The van der Waals surface area contributed by atoms with E-state index in [4.69, 9.17) is 11.6 Å². The average molecular weight is 527 g/mol. The van der Waals surface area contributed by atoms with Gasteiger partial charge in [-0.05, 0) is 47.9 Å². The Morgan fingerprint density at radius 1 is 0.919 bits per heavy atom. The molecule has 4 rings (SSSR count). The van der Waals surface area contributed by atoms with Crippen molar-refractivity contribution in [3.8, 4) is 5.75 Å². The molecular weight excluding hydrogens is 509 g/mol. The van der Waals surface area contributed by atoms with Crippen molar-refractivity contribution in [2.75, 3.05) is 12.4 Å². The van der Waals surface area contributed by atoms with Crippen LogP contribution in [0.2, 0.25) is 5.02 Å². The minimum Gasteiger partial charge on any atom is -0.505 e. The van der Waals surface area contributed by atoms with Crippen LogP contribution >= 0.6 is 11.6 Å². The number of phenols is 1. The molecule has 0 heterocycles. The van der Waals surface area contributed by atoms with Gasteiger partial charge in [0.15, 0.2) is 5.75 Å². The summed E-state index contributed by atoms with van der Waals surface area (Å²) in [6, 6.07) is 16.9. The fourth-order valence-corrected chi connectivity index (χ4v) is 3.71. The minimum atomic E-state index is -4.64. The topological polar surface area (TPSA) is 103 Å². The van der Waals surface area contributed by atoms with E-state index in [2.05, 4.69) is 20.9 Å². The lowest BCUT2D eigenvalue weighted by atomic mass is 10.0. The maximum Gasteiger partial charge on any atom is 0.416 e. The molecule has 0 spiro atoms. The maximum absolute atomic E-state index is 13.1. The number of halogens is 4. The van der Waals surface area contributed by atoms with Crippen LogP contribution in [0.1, 0.15) is 26.3 Å². The molecule has 188 valence electrons. The monoisotopic (exact) mass is 526 g/mol. The quantitative estimate of drug-likeness (QED) is 0.239. The van der Waals surface area contributed by atoms with Crippen molar-refractivity contribution in [1.82, 2.24) is 5.32 Å². The standard InChI is InChI=1S/C26H18ClF3N4O3/c1-31-24(36)15-6-4-7-17(11-15)33-34-22-18-8-3-2-5-14(18)12-19(23(22)35)25(37)32-21-13-16(26(28,29)30)9-10-20(21)27/h2-13,35H,1H3,(H,31,36)(H,32,37). The van der Waals surface area contributed by atoms with Crippen molar-refractivity contribution in [3.05, 3.63) is 94.5 Å². The summed E-state index contributed by atoms with van der Waals surface area (Å²) in [6.45, 7) is 0. The molecule has 37 heavy (non-hydrogen) atoms. The zero-order chi connectivity index (χ0) is 26.7. The van der Waals surface area contributed by atoms with E-state index in [1.165, 1.54) is 19.2 Å². The van der Waals surface area contributed by atoms with Gasteiger partial charge in [0.2, 0.25) is 0 Å². The Balaban J connectivity index is 1.75. The van der Waals surface area contributed by atoms with Crippen molar-refractivity contribution < 1.29 is 27.9 Å².